The first-order chi connectivity index (χ1) is 21.5. The van der Waals surface area contributed by atoms with Crippen LogP contribution < -0.4 is 16.0 Å². The van der Waals surface area contributed by atoms with E-state index in [1.165, 1.54) is 4.90 Å². The van der Waals surface area contributed by atoms with Crippen LogP contribution in [0.25, 0.3) is 10.4 Å². The SMILES string of the molecule is Cc1ncsc1-c1ccc(CNC(=O)C2CC(O)CN2C(=O)C(NC(=O)CCCCCCNC(=O)OC(C)(C)C)C(C)(C)C)cc1. The van der Waals surface area contributed by atoms with E-state index in [1.807, 2.05) is 78.2 Å². The Hall–Kier alpha value is -3.51. The van der Waals surface area contributed by atoms with Crippen LogP contribution in [0.5, 0.6) is 0 Å². The molecule has 1 aliphatic rings. The van der Waals surface area contributed by atoms with Crippen LogP contribution in [0, 0.1) is 12.3 Å². The monoisotopic (exact) mass is 657 g/mol. The Morgan fingerprint density at radius 3 is 2.30 bits per heavy atom. The normalized spacial score (nSPS) is 17.3. The van der Waals surface area contributed by atoms with Crippen molar-refractivity contribution in [2.75, 3.05) is 13.1 Å². The minimum atomic E-state index is -0.860. The summed E-state index contributed by atoms with van der Waals surface area (Å²) in [6, 6.07) is 6.20. The largest absolute Gasteiger partial charge is 0.444 e. The molecule has 12 heteroatoms. The third-order valence-corrected chi connectivity index (χ3v) is 8.69. The topological polar surface area (TPSA) is 150 Å². The van der Waals surface area contributed by atoms with Gasteiger partial charge in [-0.1, -0.05) is 57.9 Å². The van der Waals surface area contributed by atoms with E-state index in [0.29, 0.717) is 13.0 Å². The molecule has 0 aliphatic carbocycles. The average Bonchev–Trinajstić information content (AvgIpc) is 3.57. The van der Waals surface area contributed by atoms with E-state index in [0.717, 1.165) is 41.0 Å². The van der Waals surface area contributed by atoms with Crippen molar-refractivity contribution < 1.29 is 29.0 Å². The molecule has 3 rings (SSSR count). The Balaban J connectivity index is 1.49. The summed E-state index contributed by atoms with van der Waals surface area (Å²) >= 11 is 1.58. The third-order valence-electron chi connectivity index (χ3n) is 7.71. The number of aryl methyl sites for hydroxylation is 1. The average molecular weight is 658 g/mol. The maximum absolute atomic E-state index is 13.8. The van der Waals surface area contributed by atoms with Gasteiger partial charge in [-0.15, -0.1) is 11.3 Å². The number of rotatable bonds is 13. The lowest BCUT2D eigenvalue weighted by Crippen LogP contribution is -2.57. The number of aliphatic hydroxyl groups excluding tert-OH is 1. The van der Waals surface area contributed by atoms with Gasteiger partial charge in [0, 0.05) is 32.5 Å². The predicted molar refractivity (Wildman–Crippen MR) is 179 cm³/mol. The molecule has 3 atom stereocenters. The summed E-state index contributed by atoms with van der Waals surface area (Å²) < 4.78 is 5.22. The van der Waals surface area contributed by atoms with Gasteiger partial charge in [0.15, 0.2) is 0 Å². The number of aromatic nitrogens is 1. The number of unbranched alkanes of at least 4 members (excludes halogenated alkanes) is 3. The molecule has 4 amide bonds. The second-order valence-corrected chi connectivity index (χ2v) is 14.9. The van der Waals surface area contributed by atoms with Gasteiger partial charge in [0.1, 0.15) is 17.7 Å². The number of aliphatic hydroxyl groups is 1. The lowest BCUT2D eigenvalue weighted by atomic mass is 9.85. The first kappa shape index (κ1) is 37.0. The zero-order valence-corrected chi connectivity index (χ0v) is 29.1. The fraction of sp³-hybridized carbons (Fsp3) is 0.618. The Morgan fingerprint density at radius 2 is 1.70 bits per heavy atom. The van der Waals surface area contributed by atoms with E-state index in [9.17, 15) is 24.3 Å². The maximum Gasteiger partial charge on any atom is 0.407 e. The van der Waals surface area contributed by atoms with Crippen molar-refractivity contribution in [3.05, 3.63) is 41.0 Å². The molecule has 254 valence electrons. The molecule has 0 saturated carbocycles. The van der Waals surface area contributed by atoms with E-state index >= 15 is 0 Å². The molecule has 3 unspecified atom stereocenters. The minimum absolute atomic E-state index is 0.0274. The highest BCUT2D eigenvalue weighted by atomic mass is 32.1. The number of thiazole rings is 1. The van der Waals surface area contributed by atoms with Gasteiger partial charge in [-0.05, 0) is 57.1 Å². The number of benzene rings is 1. The van der Waals surface area contributed by atoms with Crippen molar-refractivity contribution in [1.82, 2.24) is 25.8 Å². The van der Waals surface area contributed by atoms with Gasteiger partial charge < -0.3 is 30.7 Å². The highest BCUT2D eigenvalue weighted by Gasteiger charge is 2.44. The van der Waals surface area contributed by atoms with Crippen molar-refractivity contribution >= 4 is 35.2 Å². The number of amides is 4. The first-order valence-corrected chi connectivity index (χ1v) is 16.9. The van der Waals surface area contributed by atoms with Gasteiger partial charge in [0.25, 0.3) is 0 Å². The smallest absolute Gasteiger partial charge is 0.407 e. The number of alkyl carbamates (subject to hydrolysis) is 1. The Morgan fingerprint density at radius 1 is 1.02 bits per heavy atom. The molecular formula is C34H51N5O6S. The molecule has 1 aliphatic heterocycles. The Bertz CT molecular complexity index is 1330. The summed E-state index contributed by atoms with van der Waals surface area (Å²) in [5, 5.41) is 19.0. The van der Waals surface area contributed by atoms with Crippen LogP contribution in [-0.4, -0.2) is 75.7 Å². The molecule has 11 nitrogen and oxygen atoms in total. The highest BCUT2D eigenvalue weighted by molar-refractivity contribution is 7.13. The summed E-state index contributed by atoms with van der Waals surface area (Å²) in [6.07, 6.45) is 2.16. The molecule has 1 aromatic heterocycles. The molecule has 0 bridgehead atoms. The molecule has 0 radical (unpaired) electrons. The van der Waals surface area contributed by atoms with Crippen LogP contribution in [0.2, 0.25) is 0 Å². The summed E-state index contributed by atoms with van der Waals surface area (Å²) in [7, 11) is 0. The van der Waals surface area contributed by atoms with Crippen LogP contribution in [-0.2, 0) is 25.7 Å². The van der Waals surface area contributed by atoms with E-state index in [2.05, 4.69) is 20.9 Å². The fourth-order valence-corrected chi connectivity index (χ4v) is 6.09. The van der Waals surface area contributed by atoms with Gasteiger partial charge in [-0.25, -0.2) is 9.78 Å². The Kier molecular flexibility index (Phi) is 13.1. The number of hydrogen-bond donors (Lipinski definition) is 4. The minimum Gasteiger partial charge on any atom is -0.444 e. The molecule has 1 aromatic carbocycles. The van der Waals surface area contributed by atoms with Crippen LogP contribution in [0.15, 0.2) is 29.8 Å². The van der Waals surface area contributed by atoms with Crippen molar-refractivity contribution in [2.24, 2.45) is 5.41 Å². The summed E-state index contributed by atoms with van der Waals surface area (Å²) in [5.41, 5.74) is 3.61. The van der Waals surface area contributed by atoms with Crippen LogP contribution in [0.1, 0.15) is 91.3 Å². The standard InChI is InChI=1S/C34H51N5O6S/c1-22-28(46-21-37-22)24-15-13-23(14-16-24)19-36-30(42)26-18-25(40)20-39(26)31(43)29(33(2,3)4)38-27(41)12-10-8-9-11-17-35-32(44)45-34(5,6)7/h13-16,21,25-26,29,40H,8-12,17-20H2,1-7H3,(H,35,44)(H,36,42)(H,38,41). The van der Waals surface area contributed by atoms with E-state index in [-0.39, 0.29) is 43.7 Å². The number of β-amino-alcohol motifs (C(OH)–C–C–N with tert-alkyl or cyclic N) is 1. The van der Waals surface area contributed by atoms with Crippen molar-refractivity contribution in [3.63, 3.8) is 0 Å². The number of carbonyl (C=O) groups excluding carboxylic acids is 4. The van der Waals surface area contributed by atoms with E-state index in [4.69, 9.17) is 4.74 Å². The van der Waals surface area contributed by atoms with Crippen LogP contribution >= 0.6 is 11.3 Å². The first-order valence-electron chi connectivity index (χ1n) is 16.1. The van der Waals surface area contributed by atoms with Crippen LogP contribution in [0.3, 0.4) is 0 Å². The van der Waals surface area contributed by atoms with E-state index in [1.54, 1.807) is 11.3 Å². The third kappa shape index (κ3) is 11.4. The van der Waals surface area contributed by atoms with Gasteiger partial charge in [-0.2, -0.15) is 0 Å². The Labute approximate surface area is 276 Å². The van der Waals surface area contributed by atoms with Crippen molar-refractivity contribution in [3.8, 4) is 10.4 Å². The van der Waals surface area contributed by atoms with Crippen LogP contribution in [0.4, 0.5) is 4.79 Å². The number of nitrogens with zero attached hydrogens (tertiary/aromatic N) is 2. The quantitative estimate of drug-likeness (QED) is 0.228. The summed E-state index contributed by atoms with van der Waals surface area (Å²) in [4.78, 5) is 58.5. The molecule has 1 fully saturated rings. The second kappa shape index (κ2) is 16.4. The molecule has 2 heterocycles. The molecule has 4 N–H and O–H groups in total. The number of likely N-dealkylation sites (tertiary alicyclic amines) is 1. The zero-order chi connectivity index (χ0) is 34.1. The maximum atomic E-state index is 13.8. The highest BCUT2D eigenvalue weighted by Crippen LogP contribution is 2.28. The summed E-state index contributed by atoms with van der Waals surface area (Å²) in [5.74, 6) is -0.958. The lowest BCUT2D eigenvalue weighted by molar-refractivity contribution is -0.144. The second-order valence-electron chi connectivity index (χ2n) is 14.0. The number of nitrogens with one attached hydrogen (secondary N) is 3. The number of ether oxygens (including phenoxy) is 1. The molecular weight excluding hydrogens is 606 g/mol. The predicted octanol–water partition coefficient (Wildman–Crippen LogP) is 4.70. The van der Waals surface area contributed by atoms with Gasteiger partial charge in [0.05, 0.1) is 22.2 Å². The van der Waals surface area contributed by atoms with E-state index < -0.39 is 35.3 Å². The molecule has 1 saturated heterocycles. The fourth-order valence-electron chi connectivity index (χ4n) is 5.28. The lowest BCUT2D eigenvalue weighted by Gasteiger charge is -2.35. The van der Waals surface area contributed by atoms with Crippen molar-refractivity contribution in [1.29, 1.82) is 0 Å². The molecule has 0 spiro atoms. The molecule has 2 aromatic rings. The molecule has 46 heavy (non-hydrogen) atoms. The van der Waals surface area contributed by atoms with Gasteiger partial charge in [-0.3, -0.25) is 14.4 Å². The zero-order valence-electron chi connectivity index (χ0n) is 28.3. The number of hydrogen-bond acceptors (Lipinski definition) is 8. The van der Waals surface area contributed by atoms with Crippen molar-refractivity contribution in [2.45, 2.75) is 117 Å². The number of carbonyl (C=O) groups is 4. The van der Waals surface area contributed by atoms with Gasteiger partial charge >= 0.3 is 6.09 Å². The summed E-state index contributed by atoms with van der Waals surface area (Å²) in [6.45, 7) is 13.8. The van der Waals surface area contributed by atoms with Gasteiger partial charge in [0.2, 0.25) is 17.7 Å².